The molecule has 4 rings (SSSR count). The summed E-state index contributed by atoms with van der Waals surface area (Å²) in [6.45, 7) is 0. The highest BCUT2D eigenvalue weighted by Gasteiger charge is 2.14. The van der Waals surface area contributed by atoms with Crippen LogP contribution in [0.1, 0.15) is 10.6 Å². The van der Waals surface area contributed by atoms with Gasteiger partial charge in [-0.05, 0) is 12.1 Å². The first-order chi connectivity index (χ1) is 11.8. The zero-order chi connectivity index (χ0) is 16.4. The number of benzene rings is 1. The monoisotopic (exact) mass is 337 g/mol. The summed E-state index contributed by atoms with van der Waals surface area (Å²) in [6.07, 6.45) is 1.45. The highest BCUT2D eigenvalue weighted by molar-refractivity contribution is 7.14. The Hall–Kier alpha value is -3.19. The van der Waals surface area contributed by atoms with Gasteiger partial charge >= 0.3 is 0 Å². The summed E-state index contributed by atoms with van der Waals surface area (Å²) in [6, 6.07) is 14.8. The van der Waals surface area contributed by atoms with Crippen molar-refractivity contribution in [1.29, 1.82) is 0 Å². The van der Waals surface area contributed by atoms with Gasteiger partial charge in [0.05, 0.1) is 6.26 Å². The number of hydrogen-bond donors (Lipinski definition) is 1. The molecule has 6 nitrogen and oxygen atoms in total. The number of anilines is 1. The molecule has 0 unspecified atom stereocenters. The van der Waals surface area contributed by atoms with Crippen molar-refractivity contribution in [2.45, 2.75) is 0 Å². The van der Waals surface area contributed by atoms with Gasteiger partial charge in [-0.3, -0.25) is 10.1 Å². The molecule has 1 aromatic carbocycles. The van der Waals surface area contributed by atoms with E-state index in [0.717, 1.165) is 11.3 Å². The number of thiazole rings is 1. The molecule has 0 bridgehead atoms. The van der Waals surface area contributed by atoms with Crippen LogP contribution in [0.5, 0.6) is 0 Å². The lowest BCUT2D eigenvalue weighted by molar-refractivity contribution is 0.0996. The molecule has 0 aliphatic rings. The van der Waals surface area contributed by atoms with E-state index in [9.17, 15) is 4.79 Å². The Morgan fingerprint density at radius 2 is 1.96 bits per heavy atom. The van der Waals surface area contributed by atoms with E-state index < -0.39 is 0 Å². The number of amides is 1. The van der Waals surface area contributed by atoms with Crippen molar-refractivity contribution in [3.63, 3.8) is 0 Å². The Morgan fingerprint density at radius 3 is 2.75 bits per heavy atom. The fraction of sp³-hybridized carbons (Fsp3) is 0. The Bertz CT molecular complexity index is 958. The van der Waals surface area contributed by atoms with Gasteiger partial charge in [-0.15, -0.1) is 11.3 Å². The first-order valence-corrected chi connectivity index (χ1v) is 8.00. The first kappa shape index (κ1) is 14.4. The topological polar surface area (TPSA) is 81.2 Å². The molecule has 0 atom stereocenters. The Labute approximate surface area is 140 Å². The van der Waals surface area contributed by atoms with Gasteiger partial charge in [-0.25, -0.2) is 4.98 Å². The summed E-state index contributed by atoms with van der Waals surface area (Å²) >= 11 is 1.30. The van der Waals surface area contributed by atoms with Gasteiger partial charge in [0.2, 0.25) is 0 Å². The normalized spacial score (nSPS) is 10.7. The van der Waals surface area contributed by atoms with E-state index in [0.29, 0.717) is 16.6 Å². The van der Waals surface area contributed by atoms with Crippen LogP contribution in [0.4, 0.5) is 5.13 Å². The average molecular weight is 337 g/mol. The largest absolute Gasteiger partial charge is 0.459 e. The van der Waals surface area contributed by atoms with Crippen LogP contribution in [0.25, 0.3) is 22.7 Å². The molecule has 0 aliphatic carbocycles. The smallest absolute Gasteiger partial charge is 0.293 e. The van der Waals surface area contributed by atoms with Gasteiger partial charge in [-0.1, -0.05) is 35.5 Å². The molecule has 1 amide bonds. The fourth-order valence-corrected chi connectivity index (χ4v) is 2.85. The highest BCUT2D eigenvalue weighted by atomic mass is 32.1. The lowest BCUT2D eigenvalue weighted by Crippen LogP contribution is -2.10. The van der Waals surface area contributed by atoms with Gasteiger partial charge in [-0.2, -0.15) is 0 Å². The minimum Gasteiger partial charge on any atom is -0.459 e. The third-order valence-corrected chi connectivity index (χ3v) is 4.06. The van der Waals surface area contributed by atoms with Crippen LogP contribution in [-0.4, -0.2) is 16.0 Å². The van der Waals surface area contributed by atoms with E-state index in [4.69, 9.17) is 8.94 Å². The van der Waals surface area contributed by atoms with E-state index in [1.807, 2.05) is 36.4 Å². The van der Waals surface area contributed by atoms with Crippen LogP contribution in [0.15, 0.2) is 69.1 Å². The van der Waals surface area contributed by atoms with Crippen molar-refractivity contribution in [2.24, 2.45) is 0 Å². The van der Waals surface area contributed by atoms with Crippen LogP contribution in [0.2, 0.25) is 0 Å². The molecule has 118 valence electrons. The van der Waals surface area contributed by atoms with Crippen LogP contribution in [0, 0.1) is 0 Å². The number of furan rings is 1. The maximum absolute atomic E-state index is 11.9. The van der Waals surface area contributed by atoms with Crippen molar-refractivity contribution < 1.29 is 13.7 Å². The first-order valence-electron chi connectivity index (χ1n) is 7.12. The molecule has 4 aromatic rings. The number of carbonyl (C=O) groups excluding carboxylic acids is 1. The second-order valence-electron chi connectivity index (χ2n) is 4.91. The van der Waals surface area contributed by atoms with Gasteiger partial charge < -0.3 is 8.94 Å². The third kappa shape index (κ3) is 2.84. The van der Waals surface area contributed by atoms with Crippen molar-refractivity contribution in [1.82, 2.24) is 10.1 Å². The number of nitrogens with one attached hydrogen (secondary N) is 1. The minimum atomic E-state index is -0.344. The Kier molecular flexibility index (Phi) is 3.68. The van der Waals surface area contributed by atoms with Gasteiger partial charge in [0.1, 0.15) is 11.4 Å². The number of hydrogen-bond acceptors (Lipinski definition) is 6. The SMILES string of the molecule is O=C(Nc1nc(-c2cc(-c3ccccc3)no2)cs1)c1ccco1. The average Bonchev–Trinajstić information content (AvgIpc) is 3.36. The zero-order valence-corrected chi connectivity index (χ0v) is 13.1. The van der Waals surface area contributed by atoms with Crippen LogP contribution < -0.4 is 5.32 Å². The summed E-state index contributed by atoms with van der Waals surface area (Å²) in [4.78, 5) is 16.3. The molecule has 0 aliphatic heterocycles. The maximum Gasteiger partial charge on any atom is 0.293 e. The fourth-order valence-electron chi connectivity index (χ4n) is 2.15. The maximum atomic E-state index is 11.9. The standard InChI is InChI=1S/C17H11N3O3S/c21-16(14-7-4-8-22-14)19-17-18-13(10-24-17)15-9-12(20-23-15)11-5-2-1-3-6-11/h1-10H,(H,18,19,21). The quantitative estimate of drug-likeness (QED) is 0.600. The summed E-state index contributed by atoms with van der Waals surface area (Å²) in [7, 11) is 0. The molecular weight excluding hydrogens is 326 g/mol. The van der Waals surface area contributed by atoms with Crippen LogP contribution in [-0.2, 0) is 0 Å². The van der Waals surface area contributed by atoms with Gasteiger partial charge in [0.25, 0.3) is 5.91 Å². The summed E-state index contributed by atoms with van der Waals surface area (Å²) in [5.74, 6) is 0.435. The molecule has 1 N–H and O–H groups in total. The van der Waals surface area contributed by atoms with E-state index in [2.05, 4.69) is 15.5 Å². The number of aromatic nitrogens is 2. The Morgan fingerprint density at radius 1 is 1.08 bits per heavy atom. The molecule has 0 saturated heterocycles. The third-order valence-electron chi connectivity index (χ3n) is 3.30. The number of rotatable bonds is 4. The Balaban J connectivity index is 1.53. The minimum absolute atomic E-state index is 0.234. The van der Waals surface area contributed by atoms with Gasteiger partial charge in [0, 0.05) is 17.0 Å². The molecule has 24 heavy (non-hydrogen) atoms. The predicted octanol–water partition coefficient (Wildman–Crippen LogP) is 4.31. The highest BCUT2D eigenvalue weighted by Crippen LogP contribution is 2.28. The molecule has 0 spiro atoms. The van der Waals surface area contributed by atoms with Crippen LogP contribution in [0.3, 0.4) is 0 Å². The van der Waals surface area contributed by atoms with E-state index in [1.165, 1.54) is 17.6 Å². The summed E-state index contributed by atoms with van der Waals surface area (Å²) in [5.41, 5.74) is 2.32. The number of carbonyl (C=O) groups is 1. The van der Waals surface area contributed by atoms with E-state index in [-0.39, 0.29) is 11.7 Å². The summed E-state index contributed by atoms with van der Waals surface area (Å²) < 4.78 is 10.4. The van der Waals surface area contributed by atoms with Crippen molar-refractivity contribution in [3.8, 4) is 22.7 Å². The van der Waals surface area contributed by atoms with Crippen LogP contribution >= 0.6 is 11.3 Å². The molecule has 0 radical (unpaired) electrons. The second kappa shape index (κ2) is 6.13. The summed E-state index contributed by atoms with van der Waals surface area (Å²) in [5, 5.41) is 9.01. The van der Waals surface area contributed by atoms with Crippen molar-refractivity contribution in [3.05, 3.63) is 65.9 Å². The lowest BCUT2D eigenvalue weighted by Gasteiger charge is -1.96. The van der Waals surface area contributed by atoms with E-state index >= 15 is 0 Å². The lowest BCUT2D eigenvalue weighted by atomic mass is 10.1. The molecular formula is C17H11N3O3S. The van der Waals surface area contributed by atoms with Crippen molar-refractivity contribution >= 4 is 22.4 Å². The zero-order valence-electron chi connectivity index (χ0n) is 12.3. The number of nitrogens with zero attached hydrogens (tertiary/aromatic N) is 2. The second-order valence-corrected chi connectivity index (χ2v) is 5.77. The van der Waals surface area contributed by atoms with Gasteiger partial charge in [0.15, 0.2) is 16.7 Å². The molecule has 0 saturated carbocycles. The molecule has 0 fully saturated rings. The molecule has 3 aromatic heterocycles. The molecule has 3 heterocycles. The van der Waals surface area contributed by atoms with E-state index in [1.54, 1.807) is 17.5 Å². The van der Waals surface area contributed by atoms with Crippen molar-refractivity contribution in [2.75, 3.05) is 5.32 Å². The predicted molar refractivity (Wildman–Crippen MR) is 89.7 cm³/mol. The molecule has 7 heteroatoms.